The van der Waals surface area contributed by atoms with Crippen LogP contribution in [0.15, 0.2) is 54.6 Å². The SMILES string of the molecule is COc1ccc(NCCN2CCN(c3ccccc3)P2(=O)OC)cc1. The zero-order valence-electron chi connectivity index (χ0n) is 14.6. The fourth-order valence-electron chi connectivity index (χ4n) is 2.98. The van der Waals surface area contributed by atoms with E-state index in [2.05, 4.69) is 5.32 Å². The summed E-state index contributed by atoms with van der Waals surface area (Å²) in [6, 6.07) is 17.5. The molecule has 0 amide bonds. The van der Waals surface area contributed by atoms with Crippen LogP contribution in [-0.4, -0.2) is 45.1 Å². The number of nitrogens with one attached hydrogen (secondary N) is 1. The first kappa shape index (κ1) is 17.8. The number of methoxy groups -OCH3 is 1. The van der Waals surface area contributed by atoms with E-state index in [0.717, 1.165) is 17.1 Å². The smallest absolute Gasteiger partial charge is 0.371 e. The standard InChI is InChI=1S/C18H24N3O3P/c1-23-18-10-8-16(9-11-18)19-12-13-20-14-15-21(25(20,22)24-2)17-6-4-3-5-7-17/h3-11,19H,12-15H2,1-2H3. The van der Waals surface area contributed by atoms with Gasteiger partial charge in [0.05, 0.1) is 7.11 Å². The number of para-hydroxylation sites is 1. The number of benzene rings is 2. The minimum absolute atomic E-state index is 0.639. The number of nitrogens with zero attached hydrogens (tertiary/aromatic N) is 2. The Bertz CT molecular complexity index is 724. The molecule has 134 valence electrons. The average Bonchev–Trinajstić information content (AvgIpc) is 3.00. The van der Waals surface area contributed by atoms with E-state index >= 15 is 0 Å². The van der Waals surface area contributed by atoms with E-state index in [-0.39, 0.29) is 0 Å². The first-order valence-electron chi connectivity index (χ1n) is 8.29. The summed E-state index contributed by atoms with van der Waals surface area (Å²) in [5, 5.41) is 3.35. The summed E-state index contributed by atoms with van der Waals surface area (Å²) in [4.78, 5) is 0. The Morgan fingerprint density at radius 2 is 1.76 bits per heavy atom. The van der Waals surface area contributed by atoms with Crippen LogP contribution in [-0.2, 0) is 9.09 Å². The molecular weight excluding hydrogens is 337 g/mol. The van der Waals surface area contributed by atoms with Crippen molar-refractivity contribution in [2.24, 2.45) is 0 Å². The van der Waals surface area contributed by atoms with Crippen LogP contribution in [0.5, 0.6) is 5.75 Å². The van der Waals surface area contributed by atoms with Gasteiger partial charge in [0, 0.05) is 44.7 Å². The molecule has 2 aromatic rings. The zero-order chi connectivity index (χ0) is 17.7. The Morgan fingerprint density at radius 1 is 1.04 bits per heavy atom. The molecule has 25 heavy (non-hydrogen) atoms. The second kappa shape index (κ2) is 7.91. The van der Waals surface area contributed by atoms with Gasteiger partial charge in [-0.3, -0.25) is 4.67 Å². The van der Waals surface area contributed by atoms with Crippen molar-refractivity contribution >= 4 is 19.0 Å². The quantitative estimate of drug-likeness (QED) is 0.759. The average molecular weight is 361 g/mol. The number of anilines is 2. The van der Waals surface area contributed by atoms with Crippen LogP contribution in [0, 0.1) is 0 Å². The third-order valence-corrected chi connectivity index (χ3v) is 6.95. The van der Waals surface area contributed by atoms with Gasteiger partial charge in [0.15, 0.2) is 0 Å². The van der Waals surface area contributed by atoms with E-state index < -0.39 is 7.67 Å². The number of hydrogen-bond acceptors (Lipinski definition) is 4. The monoisotopic (exact) mass is 361 g/mol. The van der Waals surface area contributed by atoms with Crippen LogP contribution in [0.3, 0.4) is 0 Å². The normalized spacial score (nSPS) is 20.6. The molecule has 1 aliphatic heterocycles. The molecule has 2 aromatic carbocycles. The molecule has 1 atom stereocenters. The van der Waals surface area contributed by atoms with Gasteiger partial charge in [0.1, 0.15) is 5.75 Å². The first-order chi connectivity index (χ1) is 12.2. The zero-order valence-corrected chi connectivity index (χ0v) is 15.5. The summed E-state index contributed by atoms with van der Waals surface area (Å²) >= 11 is 0. The summed E-state index contributed by atoms with van der Waals surface area (Å²) < 4.78 is 27.8. The Morgan fingerprint density at radius 3 is 2.40 bits per heavy atom. The Kier molecular flexibility index (Phi) is 5.63. The predicted molar refractivity (Wildman–Crippen MR) is 101 cm³/mol. The molecule has 0 spiro atoms. The van der Waals surface area contributed by atoms with Gasteiger partial charge < -0.3 is 14.6 Å². The number of ether oxygens (including phenoxy) is 1. The van der Waals surface area contributed by atoms with Crippen LogP contribution < -0.4 is 14.7 Å². The van der Waals surface area contributed by atoms with Gasteiger partial charge in [-0.1, -0.05) is 18.2 Å². The van der Waals surface area contributed by atoms with Crippen LogP contribution in [0.1, 0.15) is 0 Å². The molecule has 1 fully saturated rings. The maximum absolute atomic E-state index is 13.4. The van der Waals surface area contributed by atoms with E-state index in [1.165, 1.54) is 7.11 Å². The summed E-state index contributed by atoms with van der Waals surface area (Å²) in [6.45, 7) is 2.73. The summed E-state index contributed by atoms with van der Waals surface area (Å²) in [5.74, 6) is 0.826. The van der Waals surface area contributed by atoms with E-state index in [1.807, 2.05) is 63.9 Å². The lowest BCUT2D eigenvalue weighted by molar-refractivity contribution is 0.332. The highest BCUT2D eigenvalue weighted by Crippen LogP contribution is 2.58. The fourth-order valence-corrected chi connectivity index (χ4v) is 5.18. The molecule has 6 nitrogen and oxygen atoms in total. The topological polar surface area (TPSA) is 54.0 Å². The largest absolute Gasteiger partial charge is 0.497 e. The summed E-state index contributed by atoms with van der Waals surface area (Å²) in [5.41, 5.74) is 1.94. The Balaban J connectivity index is 1.61. The highest BCUT2D eigenvalue weighted by atomic mass is 31.2. The molecule has 1 heterocycles. The van der Waals surface area contributed by atoms with Gasteiger partial charge in [-0.05, 0) is 36.4 Å². The van der Waals surface area contributed by atoms with E-state index in [1.54, 1.807) is 7.11 Å². The van der Waals surface area contributed by atoms with Crippen molar-refractivity contribution in [3.63, 3.8) is 0 Å². The molecule has 0 radical (unpaired) electrons. The Labute approximate surface area is 148 Å². The second-order valence-corrected chi connectivity index (χ2v) is 8.14. The third kappa shape index (κ3) is 3.82. The highest BCUT2D eigenvalue weighted by Gasteiger charge is 2.43. The second-order valence-electron chi connectivity index (χ2n) is 5.74. The molecule has 0 saturated carbocycles. The molecular formula is C18H24N3O3P. The van der Waals surface area contributed by atoms with E-state index in [0.29, 0.717) is 26.2 Å². The number of hydrogen-bond donors (Lipinski definition) is 1. The summed E-state index contributed by atoms with van der Waals surface area (Å²) in [7, 11) is 0.149. The lowest BCUT2D eigenvalue weighted by atomic mass is 10.3. The molecule has 0 bridgehead atoms. The molecule has 1 unspecified atom stereocenters. The fraction of sp³-hybridized carbons (Fsp3) is 0.333. The van der Waals surface area contributed by atoms with Crippen molar-refractivity contribution in [3.8, 4) is 5.75 Å². The van der Waals surface area contributed by atoms with Crippen LogP contribution in [0.25, 0.3) is 0 Å². The molecule has 7 heteroatoms. The van der Waals surface area contributed by atoms with Crippen molar-refractivity contribution in [2.45, 2.75) is 0 Å². The predicted octanol–water partition coefficient (Wildman–Crippen LogP) is 3.68. The van der Waals surface area contributed by atoms with Crippen LogP contribution >= 0.6 is 7.67 Å². The highest BCUT2D eigenvalue weighted by molar-refractivity contribution is 7.58. The summed E-state index contributed by atoms with van der Waals surface area (Å²) in [6.07, 6.45) is 0. The van der Waals surface area contributed by atoms with Gasteiger partial charge in [0.2, 0.25) is 0 Å². The lowest BCUT2D eigenvalue weighted by Gasteiger charge is -2.29. The van der Waals surface area contributed by atoms with Gasteiger partial charge in [-0.15, -0.1) is 0 Å². The minimum atomic E-state index is -3.02. The van der Waals surface area contributed by atoms with Gasteiger partial charge in [0.25, 0.3) is 0 Å². The molecule has 1 aliphatic rings. The van der Waals surface area contributed by atoms with Crippen molar-refractivity contribution in [2.75, 3.05) is 50.4 Å². The van der Waals surface area contributed by atoms with E-state index in [9.17, 15) is 4.57 Å². The van der Waals surface area contributed by atoms with Crippen LogP contribution in [0.2, 0.25) is 0 Å². The molecule has 0 aromatic heterocycles. The van der Waals surface area contributed by atoms with E-state index in [4.69, 9.17) is 9.26 Å². The van der Waals surface area contributed by atoms with Crippen molar-refractivity contribution < 1.29 is 13.8 Å². The minimum Gasteiger partial charge on any atom is -0.497 e. The maximum atomic E-state index is 13.4. The first-order valence-corrected chi connectivity index (χ1v) is 9.82. The molecule has 1 saturated heterocycles. The third-order valence-electron chi connectivity index (χ3n) is 4.31. The van der Waals surface area contributed by atoms with Crippen molar-refractivity contribution in [3.05, 3.63) is 54.6 Å². The lowest BCUT2D eigenvalue weighted by Crippen LogP contribution is -2.25. The van der Waals surface area contributed by atoms with Gasteiger partial charge in [-0.25, -0.2) is 9.24 Å². The molecule has 3 rings (SSSR count). The van der Waals surface area contributed by atoms with Gasteiger partial charge in [-0.2, -0.15) is 0 Å². The maximum Gasteiger partial charge on any atom is 0.371 e. The number of rotatable bonds is 7. The molecule has 0 aliphatic carbocycles. The van der Waals surface area contributed by atoms with Crippen molar-refractivity contribution in [1.82, 2.24) is 4.67 Å². The molecule has 1 N–H and O–H groups in total. The van der Waals surface area contributed by atoms with Crippen LogP contribution in [0.4, 0.5) is 11.4 Å². The van der Waals surface area contributed by atoms with Gasteiger partial charge >= 0.3 is 7.67 Å². The van der Waals surface area contributed by atoms with Crippen molar-refractivity contribution in [1.29, 1.82) is 0 Å². The Hall–Kier alpha value is -2.01.